The monoisotopic (exact) mass is 282 g/mol. The topological polar surface area (TPSA) is 9.23 Å². The average molecular weight is 283 g/mol. The van der Waals surface area contributed by atoms with Crippen LogP contribution in [0.1, 0.15) is 32.3 Å². The zero-order valence-electron chi connectivity index (χ0n) is 9.95. The highest BCUT2D eigenvalue weighted by Gasteiger charge is 2.49. The van der Waals surface area contributed by atoms with Gasteiger partial charge in [-0.2, -0.15) is 0 Å². The van der Waals surface area contributed by atoms with Crippen LogP contribution in [-0.4, -0.2) is 10.9 Å². The molecule has 3 atom stereocenters. The molecule has 0 aromatic heterocycles. The van der Waals surface area contributed by atoms with Crippen molar-refractivity contribution in [1.29, 1.82) is 0 Å². The summed E-state index contributed by atoms with van der Waals surface area (Å²) in [6.07, 6.45) is 2.71. The first-order valence-corrected chi connectivity index (χ1v) is 6.88. The molecule has 2 rings (SSSR count). The van der Waals surface area contributed by atoms with Crippen LogP contribution in [-0.2, 0) is 11.3 Å². The van der Waals surface area contributed by atoms with E-state index in [1.54, 1.807) is 0 Å². The molecular weight excluding hydrogens is 264 g/mol. The fraction of sp³-hybridized carbons (Fsp3) is 0.571. The molecule has 0 aliphatic heterocycles. The fourth-order valence-corrected chi connectivity index (χ4v) is 3.20. The zero-order chi connectivity index (χ0) is 11.6. The van der Waals surface area contributed by atoms with Gasteiger partial charge in [0.15, 0.2) is 0 Å². The van der Waals surface area contributed by atoms with Crippen molar-refractivity contribution >= 4 is 15.9 Å². The Bertz CT molecular complexity index is 338. The van der Waals surface area contributed by atoms with Crippen molar-refractivity contribution in [3.8, 4) is 0 Å². The maximum absolute atomic E-state index is 6.01. The second-order valence-electron chi connectivity index (χ2n) is 4.85. The molecule has 0 heterocycles. The Hall–Kier alpha value is -0.340. The highest BCUT2D eigenvalue weighted by Crippen LogP contribution is 2.50. The van der Waals surface area contributed by atoms with Gasteiger partial charge in [-0.25, -0.2) is 0 Å². The van der Waals surface area contributed by atoms with Crippen molar-refractivity contribution < 1.29 is 4.74 Å². The van der Waals surface area contributed by atoms with Crippen LogP contribution in [0.2, 0.25) is 0 Å². The third-order valence-corrected chi connectivity index (χ3v) is 5.35. The number of ether oxygens (including phenoxy) is 1. The first-order chi connectivity index (χ1) is 7.66. The van der Waals surface area contributed by atoms with Gasteiger partial charge in [0.25, 0.3) is 0 Å². The summed E-state index contributed by atoms with van der Waals surface area (Å²) < 4.78 is 6.01. The molecule has 0 radical (unpaired) electrons. The van der Waals surface area contributed by atoms with Crippen LogP contribution in [0.3, 0.4) is 0 Å². The minimum absolute atomic E-state index is 0.314. The summed E-state index contributed by atoms with van der Waals surface area (Å²) in [6, 6.07) is 10.4. The number of halogens is 1. The van der Waals surface area contributed by atoms with E-state index < -0.39 is 0 Å². The zero-order valence-corrected chi connectivity index (χ0v) is 11.5. The Morgan fingerprint density at radius 1 is 1.38 bits per heavy atom. The normalized spacial score (nSPS) is 33.4. The maximum Gasteiger partial charge on any atom is 0.0720 e. The Labute approximate surface area is 106 Å². The summed E-state index contributed by atoms with van der Waals surface area (Å²) in [5, 5.41) is 0. The second-order valence-corrected chi connectivity index (χ2v) is 5.95. The number of rotatable bonds is 4. The van der Waals surface area contributed by atoms with E-state index in [0.717, 1.165) is 13.0 Å². The summed E-state index contributed by atoms with van der Waals surface area (Å²) in [7, 11) is 0. The highest BCUT2D eigenvalue weighted by molar-refractivity contribution is 9.09. The third kappa shape index (κ3) is 2.18. The van der Waals surface area contributed by atoms with Gasteiger partial charge in [0.1, 0.15) is 0 Å². The van der Waals surface area contributed by atoms with Crippen molar-refractivity contribution in [2.24, 2.45) is 5.41 Å². The van der Waals surface area contributed by atoms with Crippen molar-refractivity contribution in [2.75, 3.05) is 0 Å². The molecule has 2 heteroatoms. The third-order valence-electron chi connectivity index (χ3n) is 3.93. The molecule has 0 saturated heterocycles. The molecule has 88 valence electrons. The Morgan fingerprint density at radius 2 is 2.06 bits per heavy atom. The summed E-state index contributed by atoms with van der Waals surface area (Å²) in [6.45, 7) is 5.29. The molecular formula is C14H19BrO. The lowest BCUT2D eigenvalue weighted by Crippen LogP contribution is -2.53. The van der Waals surface area contributed by atoms with Gasteiger partial charge >= 0.3 is 0 Å². The Morgan fingerprint density at radius 3 is 2.62 bits per heavy atom. The van der Waals surface area contributed by atoms with Crippen molar-refractivity contribution in [1.82, 2.24) is 0 Å². The van der Waals surface area contributed by atoms with E-state index in [4.69, 9.17) is 4.74 Å². The second kappa shape index (κ2) is 4.89. The molecule has 1 aliphatic rings. The first kappa shape index (κ1) is 12.1. The standard InChI is InChI=1S/C14H19BrO/c1-3-14(2)12(15)9-13(14)16-10-11-7-5-4-6-8-11/h4-8,12-13H,3,9-10H2,1-2H3. The van der Waals surface area contributed by atoms with Gasteiger partial charge in [0.05, 0.1) is 12.7 Å². The highest BCUT2D eigenvalue weighted by atomic mass is 79.9. The van der Waals surface area contributed by atoms with E-state index in [9.17, 15) is 0 Å². The minimum Gasteiger partial charge on any atom is -0.373 e. The Kier molecular flexibility index (Phi) is 3.70. The van der Waals surface area contributed by atoms with Gasteiger partial charge < -0.3 is 4.74 Å². The molecule has 3 unspecified atom stereocenters. The van der Waals surface area contributed by atoms with Crippen LogP contribution < -0.4 is 0 Å². The molecule has 0 bridgehead atoms. The summed E-state index contributed by atoms with van der Waals surface area (Å²) in [4.78, 5) is 0.616. The maximum atomic E-state index is 6.01. The number of benzene rings is 1. The minimum atomic E-state index is 0.314. The van der Waals surface area contributed by atoms with E-state index in [1.165, 1.54) is 12.0 Å². The molecule has 1 aromatic rings. The Balaban J connectivity index is 1.88. The molecule has 1 fully saturated rings. The smallest absolute Gasteiger partial charge is 0.0720 e. The lowest BCUT2D eigenvalue weighted by Gasteiger charge is -2.51. The molecule has 0 spiro atoms. The van der Waals surface area contributed by atoms with Crippen molar-refractivity contribution in [3.05, 3.63) is 35.9 Å². The molecule has 0 amide bonds. The van der Waals surface area contributed by atoms with Crippen LogP contribution in [0, 0.1) is 5.41 Å². The molecule has 16 heavy (non-hydrogen) atoms. The summed E-state index contributed by atoms with van der Waals surface area (Å²) in [5.41, 5.74) is 1.58. The van der Waals surface area contributed by atoms with E-state index in [-0.39, 0.29) is 0 Å². The summed E-state index contributed by atoms with van der Waals surface area (Å²) in [5.74, 6) is 0. The molecule has 1 aliphatic carbocycles. The lowest BCUT2D eigenvalue weighted by atomic mass is 9.66. The average Bonchev–Trinajstić information content (AvgIpc) is 2.34. The molecule has 1 aromatic carbocycles. The predicted molar refractivity (Wildman–Crippen MR) is 70.7 cm³/mol. The van der Waals surface area contributed by atoms with Gasteiger partial charge in [-0.3, -0.25) is 0 Å². The molecule has 1 saturated carbocycles. The molecule has 1 nitrogen and oxygen atoms in total. The largest absolute Gasteiger partial charge is 0.373 e. The SMILES string of the molecule is CCC1(C)C(Br)CC1OCc1ccccc1. The number of hydrogen-bond donors (Lipinski definition) is 0. The van der Waals surface area contributed by atoms with Crippen LogP contribution in [0.15, 0.2) is 30.3 Å². The van der Waals surface area contributed by atoms with E-state index >= 15 is 0 Å². The van der Waals surface area contributed by atoms with Crippen LogP contribution >= 0.6 is 15.9 Å². The van der Waals surface area contributed by atoms with Gasteiger partial charge in [0, 0.05) is 10.2 Å². The number of alkyl halides is 1. The summed E-state index contributed by atoms with van der Waals surface area (Å²) >= 11 is 3.73. The van der Waals surface area contributed by atoms with Crippen LogP contribution in [0.4, 0.5) is 0 Å². The predicted octanol–water partition coefficient (Wildman–Crippen LogP) is 4.16. The van der Waals surface area contributed by atoms with Gasteiger partial charge in [0.2, 0.25) is 0 Å². The fourth-order valence-electron chi connectivity index (χ4n) is 2.25. The molecule has 0 N–H and O–H groups in total. The van der Waals surface area contributed by atoms with E-state index in [1.807, 2.05) is 6.07 Å². The van der Waals surface area contributed by atoms with Gasteiger partial charge in [-0.15, -0.1) is 0 Å². The quantitative estimate of drug-likeness (QED) is 0.754. The lowest BCUT2D eigenvalue weighted by molar-refractivity contribution is -0.104. The van der Waals surface area contributed by atoms with Crippen LogP contribution in [0.5, 0.6) is 0 Å². The van der Waals surface area contributed by atoms with Crippen LogP contribution in [0.25, 0.3) is 0 Å². The van der Waals surface area contributed by atoms with Gasteiger partial charge in [-0.1, -0.05) is 60.1 Å². The first-order valence-electron chi connectivity index (χ1n) is 5.96. The van der Waals surface area contributed by atoms with Crippen molar-refractivity contribution in [3.63, 3.8) is 0 Å². The van der Waals surface area contributed by atoms with E-state index in [2.05, 4.69) is 54.0 Å². The van der Waals surface area contributed by atoms with Gasteiger partial charge in [-0.05, 0) is 18.4 Å². The van der Waals surface area contributed by atoms with E-state index in [0.29, 0.717) is 16.3 Å². The van der Waals surface area contributed by atoms with Crippen molar-refractivity contribution in [2.45, 2.75) is 44.2 Å². The number of hydrogen-bond acceptors (Lipinski definition) is 1.